The van der Waals surface area contributed by atoms with Gasteiger partial charge in [0.15, 0.2) is 0 Å². The van der Waals surface area contributed by atoms with Gasteiger partial charge in [-0.25, -0.2) is 8.42 Å². The minimum atomic E-state index is -3.56. The van der Waals surface area contributed by atoms with Gasteiger partial charge in [0.2, 0.25) is 15.9 Å². The molecule has 0 radical (unpaired) electrons. The molecule has 7 heteroatoms. The van der Waals surface area contributed by atoms with E-state index >= 15 is 0 Å². The molecule has 6 nitrogen and oxygen atoms in total. The third kappa shape index (κ3) is 3.28. The van der Waals surface area contributed by atoms with Crippen LogP contribution in [0.2, 0.25) is 0 Å². The highest BCUT2D eigenvalue weighted by Crippen LogP contribution is 2.48. The molecule has 0 aromatic heterocycles. The number of ether oxygens (including phenoxy) is 1. The van der Waals surface area contributed by atoms with E-state index in [1.54, 1.807) is 18.2 Å². The number of anilines is 1. The maximum atomic E-state index is 12.9. The number of carbonyl (C=O) groups is 1. The normalized spacial score (nSPS) is 29.0. The summed E-state index contributed by atoms with van der Waals surface area (Å²) < 4.78 is 32.4. The predicted octanol–water partition coefficient (Wildman–Crippen LogP) is 2.39. The minimum Gasteiger partial charge on any atom is -0.379 e. The number of amides is 1. The number of aryl methyl sites for hydroxylation is 1. The van der Waals surface area contributed by atoms with Crippen molar-refractivity contribution in [3.63, 3.8) is 0 Å². The van der Waals surface area contributed by atoms with E-state index in [1.807, 2.05) is 6.92 Å². The summed E-state index contributed by atoms with van der Waals surface area (Å²) in [5, 5.41) is 3.01. The number of benzene rings is 1. The zero-order valence-corrected chi connectivity index (χ0v) is 15.9. The van der Waals surface area contributed by atoms with Crippen LogP contribution in [0, 0.1) is 24.7 Å². The van der Waals surface area contributed by atoms with E-state index in [1.165, 1.54) is 17.1 Å². The van der Waals surface area contributed by atoms with Crippen LogP contribution in [0.1, 0.15) is 31.2 Å². The van der Waals surface area contributed by atoms with E-state index < -0.39 is 10.0 Å². The summed E-state index contributed by atoms with van der Waals surface area (Å²) in [6.07, 6.45) is 4.54. The van der Waals surface area contributed by atoms with Crippen LogP contribution < -0.4 is 5.32 Å². The summed E-state index contributed by atoms with van der Waals surface area (Å²) in [6.45, 7) is 3.45. The Labute approximate surface area is 155 Å². The monoisotopic (exact) mass is 378 g/mol. The van der Waals surface area contributed by atoms with Gasteiger partial charge < -0.3 is 10.1 Å². The summed E-state index contributed by atoms with van der Waals surface area (Å²) in [5.74, 6) is 1.32. The second-order valence-corrected chi connectivity index (χ2v) is 9.70. The molecule has 2 bridgehead atoms. The van der Waals surface area contributed by atoms with Crippen molar-refractivity contribution in [2.45, 2.75) is 37.5 Å². The minimum absolute atomic E-state index is 0.0428. The van der Waals surface area contributed by atoms with Crippen molar-refractivity contribution in [2.75, 3.05) is 31.6 Å². The summed E-state index contributed by atoms with van der Waals surface area (Å²) >= 11 is 0. The lowest BCUT2D eigenvalue weighted by Gasteiger charge is -2.26. The molecule has 1 aromatic rings. The molecule has 1 amide bonds. The number of hydrogen-bond donors (Lipinski definition) is 1. The molecule has 1 heterocycles. The van der Waals surface area contributed by atoms with E-state index in [9.17, 15) is 13.2 Å². The zero-order chi connectivity index (χ0) is 18.3. The Morgan fingerprint density at radius 3 is 2.62 bits per heavy atom. The number of fused-ring (bicyclic) bond motifs is 2. The Balaban J connectivity index is 1.53. The number of nitrogens with one attached hydrogen (secondary N) is 1. The van der Waals surface area contributed by atoms with Crippen molar-refractivity contribution in [3.8, 4) is 0 Å². The molecule has 0 spiro atoms. The van der Waals surface area contributed by atoms with Gasteiger partial charge in [-0.3, -0.25) is 4.79 Å². The molecule has 4 rings (SSSR count). The number of rotatable bonds is 4. The van der Waals surface area contributed by atoms with Gasteiger partial charge in [-0.2, -0.15) is 4.31 Å². The van der Waals surface area contributed by atoms with Crippen molar-refractivity contribution < 1.29 is 17.9 Å². The zero-order valence-electron chi connectivity index (χ0n) is 15.1. The lowest BCUT2D eigenvalue weighted by molar-refractivity contribution is -0.121. The van der Waals surface area contributed by atoms with Crippen LogP contribution in [0.15, 0.2) is 23.1 Å². The highest BCUT2D eigenvalue weighted by atomic mass is 32.2. The van der Waals surface area contributed by atoms with Crippen LogP contribution in [0.4, 0.5) is 5.69 Å². The van der Waals surface area contributed by atoms with Crippen LogP contribution >= 0.6 is 0 Å². The first-order chi connectivity index (χ1) is 12.4. The van der Waals surface area contributed by atoms with E-state index in [0.717, 1.165) is 18.4 Å². The third-order valence-corrected chi connectivity index (χ3v) is 8.04. The fraction of sp³-hybridized carbons (Fsp3) is 0.632. The van der Waals surface area contributed by atoms with Crippen LogP contribution in [-0.4, -0.2) is 44.9 Å². The average molecular weight is 378 g/mol. The summed E-state index contributed by atoms with van der Waals surface area (Å²) in [5.41, 5.74) is 1.48. The van der Waals surface area contributed by atoms with Gasteiger partial charge in [0.25, 0.3) is 0 Å². The number of carbonyl (C=O) groups excluding carboxylic acids is 1. The lowest BCUT2D eigenvalue weighted by atomic mass is 9.88. The molecule has 3 aliphatic rings. The first kappa shape index (κ1) is 17.9. The Morgan fingerprint density at radius 1 is 1.19 bits per heavy atom. The van der Waals surface area contributed by atoms with Gasteiger partial charge in [0.05, 0.1) is 18.1 Å². The van der Waals surface area contributed by atoms with E-state index in [0.29, 0.717) is 43.8 Å². The number of nitrogens with zero attached hydrogens (tertiary/aromatic N) is 1. The molecular formula is C19H26N2O4S. The Hall–Kier alpha value is -1.44. The van der Waals surface area contributed by atoms with Crippen molar-refractivity contribution in [2.24, 2.45) is 17.8 Å². The molecule has 1 aliphatic heterocycles. The molecular weight excluding hydrogens is 352 g/mol. The van der Waals surface area contributed by atoms with Gasteiger partial charge in [-0.05, 0) is 55.7 Å². The Kier molecular flexibility index (Phi) is 4.79. The van der Waals surface area contributed by atoms with Crippen LogP contribution in [0.5, 0.6) is 0 Å². The van der Waals surface area contributed by atoms with E-state index in [4.69, 9.17) is 4.74 Å². The topological polar surface area (TPSA) is 75.7 Å². The Morgan fingerprint density at radius 2 is 1.96 bits per heavy atom. The molecule has 3 unspecified atom stereocenters. The number of hydrogen-bond acceptors (Lipinski definition) is 4. The van der Waals surface area contributed by atoms with Crippen molar-refractivity contribution in [1.29, 1.82) is 0 Å². The number of sulfonamides is 1. The standard InChI is InChI=1S/C19H26N2O4S/c1-13-2-5-16(26(23,24)21-6-8-25-9-7-21)12-18(13)20-19(22)17-11-14-3-4-15(17)10-14/h2,5,12,14-15,17H,3-4,6-11H2,1H3,(H,20,22). The van der Waals surface area contributed by atoms with Crippen LogP contribution in [0.3, 0.4) is 0 Å². The fourth-order valence-corrected chi connectivity index (χ4v) is 6.06. The summed E-state index contributed by atoms with van der Waals surface area (Å²) in [7, 11) is -3.56. The van der Waals surface area contributed by atoms with Gasteiger partial charge in [-0.15, -0.1) is 0 Å². The van der Waals surface area contributed by atoms with Gasteiger partial charge in [0, 0.05) is 24.7 Å². The lowest BCUT2D eigenvalue weighted by Crippen LogP contribution is -2.40. The van der Waals surface area contributed by atoms with Gasteiger partial charge in [0.1, 0.15) is 0 Å². The van der Waals surface area contributed by atoms with Gasteiger partial charge >= 0.3 is 0 Å². The molecule has 2 aliphatic carbocycles. The van der Waals surface area contributed by atoms with Crippen molar-refractivity contribution in [3.05, 3.63) is 23.8 Å². The SMILES string of the molecule is Cc1ccc(S(=O)(=O)N2CCOCC2)cc1NC(=O)C1CC2CCC1C2. The fourth-order valence-electron chi connectivity index (χ4n) is 4.62. The molecule has 1 saturated heterocycles. The average Bonchev–Trinajstić information content (AvgIpc) is 3.27. The summed E-state index contributed by atoms with van der Waals surface area (Å²) in [6, 6.07) is 4.99. The Bertz CT molecular complexity index is 802. The third-order valence-electron chi connectivity index (χ3n) is 6.15. The molecule has 1 N–H and O–H groups in total. The first-order valence-electron chi connectivity index (χ1n) is 9.44. The summed E-state index contributed by atoms with van der Waals surface area (Å²) in [4.78, 5) is 13.0. The number of morpholine rings is 1. The molecule has 1 aromatic carbocycles. The highest BCUT2D eigenvalue weighted by Gasteiger charge is 2.43. The van der Waals surface area contributed by atoms with Crippen molar-refractivity contribution >= 4 is 21.6 Å². The molecule has 3 atom stereocenters. The highest BCUT2D eigenvalue weighted by molar-refractivity contribution is 7.89. The van der Waals surface area contributed by atoms with Gasteiger partial charge in [-0.1, -0.05) is 12.5 Å². The van der Waals surface area contributed by atoms with Crippen molar-refractivity contribution in [1.82, 2.24) is 4.31 Å². The maximum absolute atomic E-state index is 12.9. The quantitative estimate of drug-likeness (QED) is 0.873. The second kappa shape index (κ2) is 6.94. The molecule has 3 fully saturated rings. The predicted molar refractivity (Wildman–Crippen MR) is 98.3 cm³/mol. The molecule has 2 saturated carbocycles. The maximum Gasteiger partial charge on any atom is 0.243 e. The van der Waals surface area contributed by atoms with Crippen LogP contribution in [-0.2, 0) is 19.6 Å². The van der Waals surface area contributed by atoms with E-state index in [2.05, 4.69) is 5.32 Å². The molecule has 142 valence electrons. The largest absolute Gasteiger partial charge is 0.379 e. The van der Waals surface area contributed by atoms with Crippen LogP contribution in [0.25, 0.3) is 0 Å². The van der Waals surface area contributed by atoms with E-state index in [-0.39, 0.29) is 16.7 Å². The molecule has 26 heavy (non-hydrogen) atoms. The first-order valence-corrected chi connectivity index (χ1v) is 10.9. The second-order valence-electron chi connectivity index (χ2n) is 7.76. The smallest absolute Gasteiger partial charge is 0.243 e.